The smallest absolute Gasteiger partial charge is 0.245 e. The van der Waals surface area contributed by atoms with Gasteiger partial charge in [0.05, 0.1) is 0 Å². The van der Waals surface area contributed by atoms with Gasteiger partial charge in [0, 0.05) is 11.3 Å². The first-order valence-electron chi connectivity index (χ1n) is 3.86. The van der Waals surface area contributed by atoms with E-state index in [1.54, 1.807) is 0 Å². The third-order valence-electron chi connectivity index (χ3n) is 2.18. The molecule has 0 bridgehead atoms. The van der Waals surface area contributed by atoms with Crippen LogP contribution in [0.25, 0.3) is 0 Å². The fourth-order valence-electron chi connectivity index (χ4n) is 1.54. The maximum absolute atomic E-state index is 11.1. The molecule has 0 saturated carbocycles. The van der Waals surface area contributed by atoms with Crippen molar-refractivity contribution in [2.75, 3.05) is 5.32 Å². The molecule has 1 aromatic carbocycles. The van der Waals surface area contributed by atoms with Crippen LogP contribution in [0.4, 0.5) is 5.69 Å². The molecule has 3 nitrogen and oxygen atoms in total. The number of fused-ring (bicyclic) bond motifs is 1. The summed E-state index contributed by atoms with van der Waals surface area (Å²) in [6.45, 7) is 1.96. The Kier molecular flexibility index (Phi) is 2.59. The number of rotatable bonds is 0. The fourth-order valence-corrected chi connectivity index (χ4v) is 1.54. The largest absolute Gasteiger partial charge is 0.324 e. The van der Waals surface area contributed by atoms with Crippen molar-refractivity contribution in [3.63, 3.8) is 0 Å². The molecule has 0 spiro atoms. The standard InChI is InChI=1S/C9H10N2O.ClH/c1-5-3-2-4-6-7(5)8(10)9(12)11-6;/h2-4,8H,10H2,1H3,(H,11,12);1H. The number of hydrogen-bond donors (Lipinski definition) is 2. The normalized spacial score (nSPS) is 18.9. The number of carbonyl (C=O) groups is 1. The SMILES string of the molecule is Cc1cccc2c1C(N)C(=O)N2.Cl. The summed E-state index contributed by atoms with van der Waals surface area (Å²) in [5.74, 6) is -0.112. The number of anilines is 1. The highest BCUT2D eigenvalue weighted by Crippen LogP contribution is 2.31. The van der Waals surface area contributed by atoms with Crippen LogP contribution in [0, 0.1) is 6.92 Å². The first-order valence-corrected chi connectivity index (χ1v) is 3.86. The van der Waals surface area contributed by atoms with Crippen LogP contribution in [-0.4, -0.2) is 5.91 Å². The van der Waals surface area contributed by atoms with Crippen molar-refractivity contribution in [2.24, 2.45) is 5.73 Å². The highest BCUT2D eigenvalue weighted by atomic mass is 35.5. The molecule has 1 atom stereocenters. The van der Waals surface area contributed by atoms with Gasteiger partial charge in [-0.2, -0.15) is 0 Å². The Labute approximate surface area is 82.7 Å². The number of hydrogen-bond acceptors (Lipinski definition) is 2. The summed E-state index contributed by atoms with van der Waals surface area (Å²) >= 11 is 0. The number of halogens is 1. The van der Waals surface area contributed by atoms with Gasteiger partial charge in [0.1, 0.15) is 6.04 Å². The lowest BCUT2D eigenvalue weighted by Crippen LogP contribution is -2.20. The lowest BCUT2D eigenvalue weighted by Gasteiger charge is -2.04. The lowest BCUT2D eigenvalue weighted by molar-refractivity contribution is -0.116. The minimum atomic E-state index is -0.485. The highest BCUT2D eigenvalue weighted by Gasteiger charge is 2.27. The number of benzene rings is 1. The third kappa shape index (κ3) is 1.41. The Hall–Kier alpha value is -1.06. The zero-order chi connectivity index (χ0) is 8.72. The molecule has 70 valence electrons. The molecule has 1 amide bonds. The lowest BCUT2D eigenvalue weighted by atomic mass is 10.0. The third-order valence-corrected chi connectivity index (χ3v) is 2.18. The molecular formula is C9H11ClN2O. The van der Waals surface area contributed by atoms with Gasteiger partial charge in [0.15, 0.2) is 0 Å². The number of nitrogens with two attached hydrogens (primary N) is 1. The molecule has 4 heteroatoms. The average molecular weight is 199 g/mol. The van der Waals surface area contributed by atoms with Crippen LogP contribution >= 0.6 is 12.4 Å². The van der Waals surface area contributed by atoms with E-state index in [-0.39, 0.29) is 18.3 Å². The zero-order valence-electron chi connectivity index (χ0n) is 7.20. The van der Waals surface area contributed by atoms with Gasteiger partial charge in [0.25, 0.3) is 0 Å². The van der Waals surface area contributed by atoms with Gasteiger partial charge in [0.2, 0.25) is 5.91 Å². The van der Waals surface area contributed by atoms with E-state index in [4.69, 9.17) is 5.73 Å². The first kappa shape index (κ1) is 10.0. The van der Waals surface area contributed by atoms with Crippen molar-refractivity contribution in [2.45, 2.75) is 13.0 Å². The molecule has 1 aliphatic heterocycles. The predicted octanol–water partition coefficient (Wildman–Crippen LogP) is 1.37. The molecule has 0 aliphatic carbocycles. The summed E-state index contributed by atoms with van der Waals surface area (Å²) in [6, 6.07) is 5.25. The van der Waals surface area contributed by atoms with E-state index in [9.17, 15) is 4.79 Å². The molecule has 1 aromatic rings. The molecular weight excluding hydrogens is 188 g/mol. The van der Waals surface area contributed by atoms with Crippen LogP contribution in [0.15, 0.2) is 18.2 Å². The molecule has 1 unspecified atom stereocenters. The van der Waals surface area contributed by atoms with Gasteiger partial charge in [-0.25, -0.2) is 0 Å². The van der Waals surface area contributed by atoms with Crippen molar-refractivity contribution in [3.8, 4) is 0 Å². The molecule has 3 N–H and O–H groups in total. The molecule has 2 rings (SSSR count). The van der Waals surface area contributed by atoms with Crippen LogP contribution < -0.4 is 11.1 Å². The van der Waals surface area contributed by atoms with Crippen molar-refractivity contribution >= 4 is 24.0 Å². The number of aryl methyl sites for hydroxylation is 1. The Balaban J connectivity index is 0.000000845. The summed E-state index contributed by atoms with van der Waals surface area (Å²) < 4.78 is 0. The van der Waals surface area contributed by atoms with Crippen molar-refractivity contribution < 1.29 is 4.79 Å². The van der Waals surface area contributed by atoms with Gasteiger partial charge in [-0.1, -0.05) is 12.1 Å². The molecule has 0 aromatic heterocycles. The monoisotopic (exact) mass is 198 g/mol. The summed E-state index contributed by atoms with van der Waals surface area (Å²) in [4.78, 5) is 11.1. The summed E-state index contributed by atoms with van der Waals surface area (Å²) in [5.41, 5.74) is 8.53. The van der Waals surface area contributed by atoms with E-state index in [1.165, 1.54) is 0 Å². The molecule has 0 fully saturated rings. The maximum Gasteiger partial charge on any atom is 0.245 e. The van der Waals surface area contributed by atoms with E-state index in [2.05, 4.69) is 5.32 Å². The van der Waals surface area contributed by atoms with E-state index in [0.29, 0.717) is 0 Å². The Morgan fingerprint density at radius 2 is 2.15 bits per heavy atom. The molecule has 13 heavy (non-hydrogen) atoms. The molecule has 1 aliphatic rings. The fraction of sp³-hybridized carbons (Fsp3) is 0.222. The van der Waals surface area contributed by atoms with Gasteiger partial charge >= 0.3 is 0 Å². The van der Waals surface area contributed by atoms with Crippen molar-refractivity contribution in [3.05, 3.63) is 29.3 Å². The van der Waals surface area contributed by atoms with Crippen LogP contribution in [0.1, 0.15) is 17.2 Å². The van der Waals surface area contributed by atoms with Crippen LogP contribution in [-0.2, 0) is 4.79 Å². The number of nitrogens with one attached hydrogen (secondary N) is 1. The second-order valence-electron chi connectivity index (χ2n) is 3.00. The second-order valence-corrected chi connectivity index (χ2v) is 3.00. The predicted molar refractivity (Wildman–Crippen MR) is 54.0 cm³/mol. The van der Waals surface area contributed by atoms with E-state index >= 15 is 0 Å². The van der Waals surface area contributed by atoms with Crippen LogP contribution in [0.5, 0.6) is 0 Å². The van der Waals surface area contributed by atoms with E-state index in [1.807, 2.05) is 25.1 Å². The van der Waals surface area contributed by atoms with Crippen molar-refractivity contribution in [1.82, 2.24) is 0 Å². The second kappa shape index (κ2) is 3.36. The maximum atomic E-state index is 11.1. The molecule has 0 radical (unpaired) electrons. The Bertz CT molecular complexity index is 351. The average Bonchev–Trinajstić information content (AvgIpc) is 2.29. The van der Waals surface area contributed by atoms with Crippen molar-refractivity contribution in [1.29, 1.82) is 0 Å². The first-order chi connectivity index (χ1) is 5.70. The Morgan fingerprint density at radius 1 is 1.46 bits per heavy atom. The van der Waals surface area contributed by atoms with E-state index in [0.717, 1.165) is 16.8 Å². The molecule has 0 saturated heterocycles. The number of carbonyl (C=O) groups excluding carboxylic acids is 1. The highest BCUT2D eigenvalue weighted by molar-refractivity contribution is 6.02. The topological polar surface area (TPSA) is 55.1 Å². The minimum absolute atomic E-state index is 0. The molecule has 1 heterocycles. The zero-order valence-corrected chi connectivity index (χ0v) is 8.02. The number of amides is 1. The van der Waals surface area contributed by atoms with Gasteiger partial charge < -0.3 is 11.1 Å². The summed E-state index contributed by atoms with van der Waals surface area (Å²) in [5, 5.41) is 2.72. The summed E-state index contributed by atoms with van der Waals surface area (Å²) in [6.07, 6.45) is 0. The van der Waals surface area contributed by atoms with E-state index < -0.39 is 6.04 Å². The van der Waals surface area contributed by atoms with Gasteiger partial charge in [-0.15, -0.1) is 12.4 Å². The minimum Gasteiger partial charge on any atom is -0.324 e. The van der Waals surface area contributed by atoms with Gasteiger partial charge in [-0.05, 0) is 18.6 Å². The quantitative estimate of drug-likeness (QED) is 0.662. The van der Waals surface area contributed by atoms with Crippen LogP contribution in [0.3, 0.4) is 0 Å². The van der Waals surface area contributed by atoms with Crippen LogP contribution in [0.2, 0.25) is 0 Å². The van der Waals surface area contributed by atoms with Gasteiger partial charge in [-0.3, -0.25) is 4.79 Å². The Morgan fingerprint density at radius 3 is 2.77 bits per heavy atom. The summed E-state index contributed by atoms with van der Waals surface area (Å²) in [7, 11) is 0.